The monoisotopic (exact) mass is 582 g/mol. The highest BCUT2D eigenvalue weighted by atomic mass is 32.2. The van der Waals surface area contributed by atoms with Crippen LogP contribution in [0.2, 0.25) is 0 Å². The Morgan fingerprint density at radius 3 is 2.27 bits per heavy atom. The normalized spacial score (nSPS) is 11.2. The summed E-state index contributed by atoms with van der Waals surface area (Å²) in [6, 6.07) is 12.0. The molecule has 0 unspecified atom stereocenters. The third-order valence-electron chi connectivity index (χ3n) is 6.16. The van der Waals surface area contributed by atoms with E-state index in [4.69, 9.17) is 9.47 Å². The second-order valence-corrected chi connectivity index (χ2v) is 10.7. The lowest BCUT2D eigenvalue weighted by Crippen LogP contribution is -2.25. The lowest BCUT2D eigenvalue weighted by Gasteiger charge is -2.21. The van der Waals surface area contributed by atoms with Crippen LogP contribution >= 0.6 is 0 Å². The minimum absolute atomic E-state index is 0.0849. The number of aromatic hydroxyl groups is 1. The summed E-state index contributed by atoms with van der Waals surface area (Å²) in [4.78, 5) is 31.9. The molecule has 41 heavy (non-hydrogen) atoms. The van der Waals surface area contributed by atoms with Crippen molar-refractivity contribution < 1.29 is 32.2 Å². The average molecular weight is 583 g/mol. The van der Waals surface area contributed by atoms with Crippen LogP contribution in [0.25, 0.3) is 5.69 Å². The summed E-state index contributed by atoms with van der Waals surface area (Å²) in [5, 5.41) is 13.9. The fraction of sp³-hybridized carbons (Fsp3) is 0.214. The molecular weight excluding hydrogens is 555 g/mol. The number of unbranched alkanes of at least 4 members (excludes halogenated alkanes) is 1. The van der Waals surface area contributed by atoms with Gasteiger partial charge in [0.05, 0.1) is 31.0 Å². The van der Waals surface area contributed by atoms with Gasteiger partial charge in [-0.2, -0.15) is 9.37 Å². The van der Waals surface area contributed by atoms with Crippen LogP contribution in [0.4, 0.5) is 10.1 Å². The van der Waals surface area contributed by atoms with Crippen LogP contribution in [0.15, 0.2) is 75.4 Å². The first-order valence-electron chi connectivity index (χ1n) is 12.5. The summed E-state index contributed by atoms with van der Waals surface area (Å²) >= 11 is 0. The molecule has 11 nitrogen and oxygen atoms in total. The van der Waals surface area contributed by atoms with Crippen molar-refractivity contribution in [1.82, 2.24) is 14.5 Å². The smallest absolute Gasteiger partial charge is 0.296 e. The maximum atomic E-state index is 13.7. The molecule has 0 bridgehead atoms. The molecule has 0 aliphatic heterocycles. The van der Waals surface area contributed by atoms with E-state index in [9.17, 15) is 27.5 Å². The molecule has 0 saturated carbocycles. The van der Waals surface area contributed by atoms with E-state index in [1.807, 2.05) is 6.92 Å². The quantitative estimate of drug-likeness (QED) is 0.265. The van der Waals surface area contributed by atoms with Gasteiger partial charge in [0, 0.05) is 12.0 Å². The number of aromatic nitrogens is 3. The van der Waals surface area contributed by atoms with Crippen LogP contribution in [-0.2, 0) is 16.3 Å². The van der Waals surface area contributed by atoms with Gasteiger partial charge in [-0.05, 0) is 55.0 Å². The minimum Gasteiger partial charge on any atom is -0.494 e. The maximum absolute atomic E-state index is 13.7. The predicted octanol–water partition coefficient (Wildman–Crippen LogP) is 3.92. The molecule has 2 heterocycles. The third kappa shape index (κ3) is 5.89. The van der Waals surface area contributed by atoms with Crippen molar-refractivity contribution in [3.8, 4) is 23.1 Å². The molecule has 0 atom stereocenters. The summed E-state index contributed by atoms with van der Waals surface area (Å²) in [6.45, 7) is 1.94. The Hall–Kier alpha value is -4.78. The third-order valence-corrected chi connectivity index (χ3v) is 7.95. The van der Waals surface area contributed by atoms with Gasteiger partial charge in [-0.3, -0.25) is 14.2 Å². The SMILES string of the molecule is CCCCc1nc(=O)c(S(=O)(=O)c2ccc(C(=O)Nc3ccc(F)nc3)cc2)c(O)n1-c1c(OC)cccc1OC. The van der Waals surface area contributed by atoms with Crippen molar-refractivity contribution in [2.24, 2.45) is 0 Å². The topological polar surface area (TPSA) is 150 Å². The van der Waals surface area contributed by atoms with E-state index >= 15 is 0 Å². The van der Waals surface area contributed by atoms with Crippen LogP contribution in [-0.4, -0.2) is 48.2 Å². The number of carbonyl (C=O) groups is 1. The Labute approximate surface area is 235 Å². The highest BCUT2D eigenvalue weighted by Crippen LogP contribution is 2.38. The lowest BCUT2D eigenvalue weighted by atomic mass is 10.2. The number of nitrogens with one attached hydrogen (secondary N) is 1. The van der Waals surface area contributed by atoms with Crippen LogP contribution in [0.3, 0.4) is 0 Å². The average Bonchev–Trinajstić information content (AvgIpc) is 2.96. The molecule has 0 aliphatic rings. The Morgan fingerprint density at radius 1 is 1.05 bits per heavy atom. The summed E-state index contributed by atoms with van der Waals surface area (Å²) in [5.74, 6) is -1.55. The number of aryl methyl sites for hydroxylation is 1. The molecule has 2 N–H and O–H groups in total. The molecular formula is C28H27FN4O7S. The maximum Gasteiger partial charge on any atom is 0.296 e. The molecule has 4 rings (SSSR count). The molecule has 13 heteroatoms. The molecule has 0 aliphatic carbocycles. The van der Waals surface area contributed by atoms with Crippen molar-refractivity contribution in [3.63, 3.8) is 0 Å². The highest BCUT2D eigenvalue weighted by molar-refractivity contribution is 7.91. The van der Waals surface area contributed by atoms with Gasteiger partial charge in [-0.25, -0.2) is 13.4 Å². The molecule has 4 aromatic rings. The molecule has 0 spiro atoms. The van der Waals surface area contributed by atoms with E-state index in [0.29, 0.717) is 6.42 Å². The molecule has 0 fully saturated rings. The zero-order valence-corrected chi connectivity index (χ0v) is 23.2. The number of hydrogen-bond acceptors (Lipinski definition) is 9. The van der Waals surface area contributed by atoms with Crippen molar-refractivity contribution in [2.75, 3.05) is 19.5 Å². The van der Waals surface area contributed by atoms with Crippen LogP contribution in [0.5, 0.6) is 17.4 Å². The number of methoxy groups -OCH3 is 2. The van der Waals surface area contributed by atoms with Gasteiger partial charge >= 0.3 is 0 Å². The first kappa shape index (κ1) is 29.2. The Kier molecular flexibility index (Phi) is 8.67. The molecule has 0 saturated heterocycles. The van der Waals surface area contributed by atoms with E-state index < -0.39 is 38.0 Å². The van der Waals surface area contributed by atoms with E-state index in [-0.39, 0.29) is 45.6 Å². The first-order chi connectivity index (χ1) is 19.6. The number of amides is 1. The number of halogens is 1. The molecule has 2 aromatic carbocycles. The van der Waals surface area contributed by atoms with Crippen molar-refractivity contribution >= 4 is 21.4 Å². The summed E-state index contributed by atoms with van der Waals surface area (Å²) in [7, 11) is -1.82. The van der Waals surface area contributed by atoms with Crippen LogP contribution in [0, 0.1) is 5.95 Å². The summed E-state index contributed by atoms with van der Waals surface area (Å²) < 4.78 is 52.4. The number of sulfone groups is 1. The van der Waals surface area contributed by atoms with E-state index in [2.05, 4.69) is 15.3 Å². The zero-order chi connectivity index (χ0) is 29.7. The van der Waals surface area contributed by atoms with Crippen molar-refractivity contribution in [1.29, 1.82) is 0 Å². The Morgan fingerprint density at radius 2 is 1.71 bits per heavy atom. The van der Waals surface area contributed by atoms with E-state index in [1.165, 1.54) is 32.4 Å². The van der Waals surface area contributed by atoms with Gasteiger partial charge in [0.15, 0.2) is 4.90 Å². The van der Waals surface area contributed by atoms with Gasteiger partial charge in [0.1, 0.15) is 23.0 Å². The number of nitrogens with zero attached hydrogens (tertiary/aromatic N) is 3. The lowest BCUT2D eigenvalue weighted by molar-refractivity contribution is 0.102. The number of rotatable bonds is 10. The number of carbonyl (C=O) groups excluding carboxylic acids is 1. The number of pyridine rings is 1. The van der Waals surface area contributed by atoms with Crippen LogP contribution in [0.1, 0.15) is 35.9 Å². The summed E-state index contributed by atoms with van der Waals surface area (Å²) in [5.41, 5.74) is -0.641. The van der Waals surface area contributed by atoms with Crippen molar-refractivity contribution in [2.45, 2.75) is 36.0 Å². The number of benzene rings is 2. The molecule has 1 amide bonds. The zero-order valence-electron chi connectivity index (χ0n) is 22.4. The van der Waals surface area contributed by atoms with Gasteiger partial charge in [-0.1, -0.05) is 19.4 Å². The Bertz CT molecular complexity index is 1720. The first-order valence-corrected chi connectivity index (χ1v) is 13.9. The van der Waals surface area contributed by atoms with Gasteiger partial charge in [0.25, 0.3) is 11.5 Å². The van der Waals surface area contributed by atoms with E-state index in [0.717, 1.165) is 35.4 Å². The predicted molar refractivity (Wildman–Crippen MR) is 147 cm³/mol. The van der Waals surface area contributed by atoms with Crippen molar-refractivity contribution in [3.05, 3.63) is 88.5 Å². The van der Waals surface area contributed by atoms with Crippen LogP contribution < -0.4 is 20.3 Å². The van der Waals surface area contributed by atoms with Gasteiger partial charge in [-0.15, -0.1) is 0 Å². The number of para-hydroxylation sites is 1. The molecule has 214 valence electrons. The number of anilines is 1. The highest BCUT2D eigenvalue weighted by Gasteiger charge is 2.32. The summed E-state index contributed by atoms with van der Waals surface area (Å²) in [6.07, 6.45) is 2.74. The fourth-order valence-electron chi connectivity index (χ4n) is 4.12. The number of hydrogen-bond donors (Lipinski definition) is 2. The molecule has 0 radical (unpaired) electrons. The minimum atomic E-state index is -4.62. The number of ether oxygens (including phenoxy) is 2. The standard InChI is InChI=1S/C28H27FN4O7S/c1-4-5-9-23-32-27(35)25(28(36)33(23)24-20(39-2)7-6-8-21(24)40-3)41(37,38)19-13-10-17(11-14-19)26(34)31-18-12-15-22(29)30-16-18/h6-8,10-16,36H,4-5,9H2,1-3H3,(H,31,34). The van der Waals surface area contributed by atoms with Gasteiger partial charge < -0.3 is 19.9 Å². The second-order valence-electron chi connectivity index (χ2n) is 8.79. The van der Waals surface area contributed by atoms with Gasteiger partial charge in [0.2, 0.25) is 21.7 Å². The largest absolute Gasteiger partial charge is 0.494 e. The van der Waals surface area contributed by atoms with E-state index in [1.54, 1.807) is 18.2 Å². The molecule has 2 aromatic heterocycles. The Balaban J connectivity index is 1.81. The fourth-order valence-corrected chi connectivity index (χ4v) is 5.46. The second kappa shape index (κ2) is 12.2.